The number of nitrogens with zero attached hydrogens (tertiary/aromatic N) is 2. The number of rotatable bonds is 3. The number of carbonyl (C=O) groups is 1. The van der Waals surface area contributed by atoms with Gasteiger partial charge in [-0.05, 0) is 26.2 Å². The Labute approximate surface area is 106 Å². The first kappa shape index (κ1) is 12.4. The van der Waals surface area contributed by atoms with Crippen LogP contribution in [0.4, 0.5) is 5.13 Å². The molecule has 17 heavy (non-hydrogen) atoms. The maximum atomic E-state index is 11.5. The minimum absolute atomic E-state index is 0.324. The summed E-state index contributed by atoms with van der Waals surface area (Å²) >= 11 is 1.52. The molecule has 0 aliphatic carbocycles. The second-order valence-corrected chi connectivity index (χ2v) is 5.41. The molecule has 0 aromatic carbocycles. The lowest BCUT2D eigenvalue weighted by Crippen LogP contribution is -2.26. The number of carbonyl (C=O) groups excluding carboxylic acids is 1. The zero-order chi connectivity index (χ0) is 12.4. The molecule has 1 fully saturated rings. The average Bonchev–Trinajstić information content (AvgIpc) is 2.85. The Morgan fingerprint density at radius 1 is 1.65 bits per heavy atom. The number of hydrogen-bond acceptors (Lipinski definition) is 5. The van der Waals surface area contributed by atoms with Gasteiger partial charge in [0.1, 0.15) is 0 Å². The van der Waals surface area contributed by atoms with Crippen molar-refractivity contribution < 1.29 is 9.53 Å². The summed E-state index contributed by atoms with van der Waals surface area (Å²) in [6.07, 6.45) is 1.19. The number of anilines is 1. The van der Waals surface area contributed by atoms with Gasteiger partial charge in [-0.3, -0.25) is 0 Å². The first-order valence-electron chi connectivity index (χ1n) is 6.01. The van der Waals surface area contributed by atoms with Gasteiger partial charge in [0, 0.05) is 18.0 Å². The Kier molecular flexibility index (Phi) is 3.66. The molecule has 1 aliphatic heterocycles. The van der Waals surface area contributed by atoms with E-state index < -0.39 is 0 Å². The van der Waals surface area contributed by atoms with Gasteiger partial charge in [-0.2, -0.15) is 0 Å². The van der Waals surface area contributed by atoms with Crippen LogP contribution in [0.2, 0.25) is 0 Å². The normalized spacial score (nSPS) is 24.1. The Morgan fingerprint density at radius 2 is 2.41 bits per heavy atom. The molecule has 0 spiro atoms. The maximum absolute atomic E-state index is 11.5. The third kappa shape index (κ3) is 2.60. The second kappa shape index (κ2) is 5.04. The molecule has 1 aromatic heterocycles. The Balaban J connectivity index is 2.10. The summed E-state index contributed by atoms with van der Waals surface area (Å²) in [6.45, 7) is 7.67. The van der Waals surface area contributed by atoms with Crippen molar-refractivity contribution in [1.29, 1.82) is 0 Å². The van der Waals surface area contributed by atoms with Crippen molar-refractivity contribution in [1.82, 2.24) is 4.98 Å². The SMILES string of the molecule is CCOC(=O)c1csc(N2CC(C)CC2C)n1. The van der Waals surface area contributed by atoms with E-state index in [1.54, 1.807) is 12.3 Å². The molecule has 94 valence electrons. The van der Waals surface area contributed by atoms with E-state index >= 15 is 0 Å². The number of esters is 1. The average molecular weight is 254 g/mol. The van der Waals surface area contributed by atoms with Gasteiger partial charge >= 0.3 is 5.97 Å². The molecular formula is C12H18N2O2S. The molecule has 0 bridgehead atoms. The van der Waals surface area contributed by atoms with Crippen molar-refractivity contribution in [3.05, 3.63) is 11.1 Å². The van der Waals surface area contributed by atoms with Crippen LogP contribution in [0.3, 0.4) is 0 Å². The lowest BCUT2D eigenvalue weighted by molar-refractivity contribution is 0.0520. The largest absolute Gasteiger partial charge is 0.461 e. The van der Waals surface area contributed by atoms with Crippen LogP contribution in [0, 0.1) is 5.92 Å². The lowest BCUT2D eigenvalue weighted by atomic mass is 10.1. The third-order valence-corrected chi connectivity index (χ3v) is 3.88. The Morgan fingerprint density at radius 3 is 3.00 bits per heavy atom. The van der Waals surface area contributed by atoms with Crippen molar-refractivity contribution >= 4 is 22.4 Å². The van der Waals surface area contributed by atoms with Gasteiger partial charge in [-0.25, -0.2) is 9.78 Å². The maximum Gasteiger partial charge on any atom is 0.357 e. The summed E-state index contributed by atoms with van der Waals surface area (Å²) in [7, 11) is 0. The van der Waals surface area contributed by atoms with E-state index in [2.05, 4.69) is 23.7 Å². The van der Waals surface area contributed by atoms with Crippen LogP contribution in [-0.4, -0.2) is 30.1 Å². The fourth-order valence-electron chi connectivity index (χ4n) is 2.26. The number of aromatic nitrogens is 1. The van der Waals surface area contributed by atoms with E-state index in [-0.39, 0.29) is 5.97 Å². The Hall–Kier alpha value is -1.10. The quantitative estimate of drug-likeness (QED) is 0.777. The fourth-order valence-corrected chi connectivity index (χ4v) is 3.17. The van der Waals surface area contributed by atoms with Gasteiger partial charge in [0.2, 0.25) is 0 Å². The van der Waals surface area contributed by atoms with Gasteiger partial charge in [0.15, 0.2) is 10.8 Å². The first-order chi connectivity index (χ1) is 8.11. The van der Waals surface area contributed by atoms with Gasteiger partial charge in [-0.1, -0.05) is 6.92 Å². The van der Waals surface area contributed by atoms with Crippen molar-refractivity contribution in [2.24, 2.45) is 5.92 Å². The summed E-state index contributed by atoms with van der Waals surface area (Å²) in [5, 5.41) is 2.72. The van der Waals surface area contributed by atoms with E-state index in [1.807, 2.05) is 0 Å². The highest BCUT2D eigenvalue weighted by Crippen LogP contribution is 2.31. The van der Waals surface area contributed by atoms with Crippen LogP contribution in [0.1, 0.15) is 37.7 Å². The molecule has 2 atom stereocenters. The highest BCUT2D eigenvalue weighted by Gasteiger charge is 2.28. The molecule has 0 amide bonds. The van der Waals surface area contributed by atoms with Crippen LogP contribution in [0.5, 0.6) is 0 Å². The highest BCUT2D eigenvalue weighted by molar-refractivity contribution is 7.13. The van der Waals surface area contributed by atoms with Gasteiger partial charge in [0.05, 0.1) is 6.61 Å². The van der Waals surface area contributed by atoms with Crippen LogP contribution in [0.25, 0.3) is 0 Å². The van der Waals surface area contributed by atoms with Crippen LogP contribution in [-0.2, 0) is 4.74 Å². The molecule has 4 nitrogen and oxygen atoms in total. The van der Waals surface area contributed by atoms with Crippen LogP contribution >= 0.6 is 11.3 Å². The Bertz CT molecular complexity index is 405. The summed E-state index contributed by atoms with van der Waals surface area (Å²) in [5.74, 6) is 0.370. The molecule has 1 aliphatic rings. The fraction of sp³-hybridized carbons (Fsp3) is 0.667. The molecule has 0 saturated carbocycles. The molecule has 0 radical (unpaired) electrons. The summed E-state index contributed by atoms with van der Waals surface area (Å²) in [5.41, 5.74) is 0.429. The molecule has 1 aromatic rings. The number of thiazole rings is 1. The van der Waals surface area contributed by atoms with Crippen LogP contribution < -0.4 is 4.90 Å². The molecular weight excluding hydrogens is 236 g/mol. The van der Waals surface area contributed by atoms with Gasteiger partial charge in [0.25, 0.3) is 0 Å². The third-order valence-electron chi connectivity index (χ3n) is 3.01. The van der Waals surface area contributed by atoms with E-state index in [0.717, 1.165) is 11.7 Å². The van der Waals surface area contributed by atoms with Crippen molar-refractivity contribution in [2.45, 2.75) is 33.2 Å². The van der Waals surface area contributed by atoms with Gasteiger partial charge < -0.3 is 9.64 Å². The monoisotopic (exact) mass is 254 g/mol. The smallest absolute Gasteiger partial charge is 0.357 e. The van der Waals surface area contributed by atoms with Crippen molar-refractivity contribution in [3.8, 4) is 0 Å². The zero-order valence-electron chi connectivity index (χ0n) is 10.5. The molecule has 5 heteroatoms. The summed E-state index contributed by atoms with van der Waals surface area (Å²) < 4.78 is 4.94. The van der Waals surface area contributed by atoms with E-state index in [1.165, 1.54) is 17.8 Å². The lowest BCUT2D eigenvalue weighted by Gasteiger charge is -2.19. The minimum atomic E-state index is -0.324. The highest BCUT2D eigenvalue weighted by atomic mass is 32.1. The topological polar surface area (TPSA) is 42.4 Å². The predicted octanol–water partition coefficient (Wildman–Crippen LogP) is 2.55. The summed E-state index contributed by atoms with van der Waals surface area (Å²) in [4.78, 5) is 18.2. The van der Waals surface area contributed by atoms with E-state index in [9.17, 15) is 4.79 Å². The second-order valence-electron chi connectivity index (χ2n) is 4.58. The van der Waals surface area contributed by atoms with Gasteiger partial charge in [-0.15, -0.1) is 11.3 Å². The molecule has 2 unspecified atom stereocenters. The predicted molar refractivity (Wildman–Crippen MR) is 68.7 cm³/mol. The molecule has 2 rings (SSSR count). The standard InChI is InChI=1S/C12H18N2O2S/c1-4-16-11(15)10-7-17-12(13-10)14-6-8(2)5-9(14)3/h7-9H,4-6H2,1-3H3. The molecule has 1 saturated heterocycles. The molecule has 2 heterocycles. The minimum Gasteiger partial charge on any atom is -0.461 e. The first-order valence-corrected chi connectivity index (χ1v) is 6.89. The number of ether oxygens (including phenoxy) is 1. The van der Waals surface area contributed by atoms with Crippen molar-refractivity contribution in [2.75, 3.05) is 18.1 Å². The summed E-state index contributed by atoms with van der Waals surface area (Å²) in [6, 6.07) is 0.506. The number of hydrogen-bond donors (Lipinski definition) is 0. The molecule has 0 N–H and O–H groups in total. The zero-order valence-corrected chi connectivity index (χ0v) is 11.3. The van der Waals surface area contributed by atoms with E-state index in [0.29, 0.717) is 24.3 Å². The van der Waals surface area contributed by atoms with E-state index in [4.69, 9.17) is 4.74 Å². The van der Waals surface area contributed by atoms with Crippen molar-refractivity contribution in [3.63, 3.8) is 0 Å². The van der Waals surface area contributed by atoms with Crippen LogP contribution in [0.15, 0.2) is 5.38 Å².